The van der Waals surface area contributed by atoms with Crippen LogP contribution in [-0.2, 0) is 16.4 Å². The molecule has 0 atom stereocenters. The van der Waals surface area contributed by atoms with E-state index in [9.17, 15) is 13.2 Å². The van der Waals surface area contributed by atoms with Crippen LogP contribution in [0.1, 0.15) is 28.4 Å². The van der Waals surface area contributed by atoms with E-state index in [1.54, 1.807) is 24.3 Å². The van der Waals surface area contributed by atoms with E-state index in [1.165, 1.54) is 25.3 Å². The van der Waals surface area contributed by atoms with Gasteiger partial charge in [0.1, 0.15) is 10.6 Å². The molecule has 0 spiro atoms. The molecule has 0 aromatic heterocycles. The Bertz CT molecular complexity index is 1140. The van der Waals surface area contributed by atoms with Crippen LogP contribution in [-0.4, -0.2) is 21.4 Å². The van der Waals surface area contributed by atoms with Crippen molar-refractivity contribution < 1.29 is 17.9 Å². The zero-order valence-electron chi connectivity index (χ0n) is 17.1. The highest BCUT2D eigenvalue weighted by Gasteiger charge is 2.22. The van der Waals surface area contributed by atoms with Gasteiger partial charge in [-0.25, -0.2) is 8.42 Å². The molecule has 0 fully saturated rings. The minimum absolute atomic E-state index is 0.110. The largest absolute Gasteiger partial charge is 0.495 e. The zero-order chi connectivity index (χ0) is 21.7. The summed E-state index contributed by atoms with van der Waals surface area (Å²) in [4.78, 5) is 12.5. The summed E-state index contributed by atoms with van der Waals surface area (Å²) < 4.78 is 33.7. The lowest BCUT2D eigenvalue weighted by molar-refractivity contribution is 0.102. The van der Waals surface area contributed by atoms with Gasteiger partial charge in [0.05, 0.1) is 7.11 Å². The molecule has 30 heavy (non-hydrogen) atoms. The Labute approximate surface area is 177 Å². The average Bonchev–Trinajstić information content (AvgIpc) is 2.75. The van der Waals surface area contributed by atoms with Crippen LogP contribution in [0.3, 0.4) is 0 Å². The molecule has 3 aromatic carbocycles. The second-order valence-electron chi connectivity index (χ2n) is 6.84. The number of carbonyl (C=O) groups excluding carboxylic acids is 1. The van der Waals surface area contributed by atoms with E-state index < -0.39 is 15.9 Å². The van der Waals surface area contributed by atoms with Crippen LogP contribution in [0.4, 0.5) is 11.4 Å². The number of sulfonamides is 1. The van der Waals surface area contributed by atoms with Crippen LogP contribution < -0.4 is 14.8 Å². The van der Waals surface area contributed by atoms with Crippen LogP contribution in [0.15, 0.2) is 71.6 Å². The molecule has 6 nitrogen and oxygen atoms in total. The third-order valence-corrected chi connectivity index (χ3v) is 6.04. The molecule has 1 amide bonds. The maximum Gasteiger partial charge on any atom is 0.265 e. The first-order valence-corrected chi connectivity index (χ1v) is 11.0. The monoisotopic (exact) mass is 424 g/mol. The molecule has 0 bridgehead atoms. The molecule has 0 unspecified atom stereocenters. The van der Waals surface area contributed by atoms with Gasteiger partial charge >= 0.3 is 0 Å². The number of carbonyl (C=O) groups is 1. The predicted octanol–water partition coefficient (Wildman–Crippen LogP) is 4.62. The Kier molecular flexibility index (Phi) is 6.42. The van der Waals surface area contributed by atoms with Crippen molar-refractivity contribution in [2.24, 2.45) is 0 Å². The molecule has 0 aliphatic rings. The topological polar surface area (TPSA) is 84.5 Å². The fraction of sp³-hybridized carbons (Fsp3) is 0.174. The number of ether oxygens (including phenoxy) is 1. The van der Waals surface area contributed by atoms with E-state index in [2.05, 4.69) is 10.0 Å². The van der Waals surface area contributed by atoms with E-state index in [0.29, 0.717) is 11.4 Å². The third-order valence-electron chi connectivity index (χ3n) is 4.64. The molecule has 0 radical (unpaired) electrons. The second kappa shape index (κ2) is 9.00. The quantitative estimate of drug-likeness (QED) is 0.580. The maximum atomic E-state index is 13.0. The number of aryl methyl sites for hydroxylation is 2. The van der Waals surface area contributed by atoms with Gasteiger partial charge in [-0.3, -0.25) is 9.52 Å². The summed E-state index contributed by atoms with van der Waals surface area (Å²) in [7, 11) is -2.58. The lowest BCUT2D eigenvalue weighted by Crippen LogP contribution is -2.17. The van der Waals surface area contributed by atoms with Gasteiger partial charge in [0.15, 0.2) is 0 Å². The Morgan fingerprint density at radius 2 is 1.57 bits per heavy atom. The Balaban J connectivity index is 1.88. The molecule has 3 aromatic rings. The summed E-state index contributed by atoms with van der Waals surface area (Å²) in [5, 5.41) is 2.77. The summed E-state index contributed by atoms with van der Waals surface area (Å²) in [5.41, 5.74) is 3.44. The molecular formula is C23H24N2O4S. The second-order valence-corrected chi connectivity index (χ2v) is 8.49. The summed E-state index contributed by atoms with van der Waals surface area (Å²) >= 11 is 0. The number of hydrogen-bond acceptors (Lipinski definition) is 4. The SMILES string of the molecule is CCc1ccc(NS(=O)(=O)c2cc(C(=O)Nc3ccc(C)cc3)ccc2OC)cc1. The van der Waals surface area contributed by atoms with Crippen LogP contribution in [0.2, 0.25) is 0 Å². The number of anilines is 2. The molecule has 156 valence electrons. The molecule has 0 saturated heterocycles. The van der Waals surface area contributed by atoms with Crippen molar-refractivity contribution >= 4 is 27.3 Å². The van der Waals surface area contributed by atoms with Crippen LogP contribution in [0.5, 0.6) is 5.75 Å². The van der Waals surface area contributed by atoms with Gasteiger partial charge in [-0.05, 0) is 61.4 Å². The minimum Gasteiger partial charge on any atom is -0.495 e. The highest BCUT2D eigenvalue weighted by molar-refractivity contribution is 7.92. The normalized spacial score (nSPS) is 11.0. The number of amides is 1. The van der Waals surface area contributed by atoms with Crippen molar-refractivity contribution in [2.45, 2.75) is 25.2 Å². The van der Waals surface area contributed by atoms with E-state index in [4.69, 9.17) is 4.74 Å². The average molecular weight is 425 g/mol. The van der Waals surface area contributed by atoms with E-state index in [1.807, 2.05) is 38.1 Å². The van der Waals surface area contributed by atoms with Gasteiger partial charge in [0.25, 0.3) is 15.9 Å². The van der Waals surface area contributed by atoms with Gasteiger partial charge in [-0.1, -0.05) is 36.8 Å². The number of nitrogens with one attached hydrogen (secondary N) is 2. The molecule has 0 aliphatic carbocycles. The standard InChI is InChI=1S/C23H24N2O4S/c1-4-17-7-12-20(13-8-17)25-30(27,28)22-15-18(9-14-21(22)29-3)23(26)24-19-10-5-16(2)6-11-19/h5-15,25H,4H2,1-3H3,(H,24,26). The highest BCUT2D eigenvalue weighted by Crippen LogP contribution is 2.27. The van der Waals surface area contributed by atoms with E-state index in [-0.39, 0.29) is 16.2 Å². The minimum atomic E-state index is -3.97. The van der Waals surface area contributed by atoms with Crippen molar-refractivity contribution in [2.75, 3.05) is 17.1 Å². The number of benzene rings is 3. The first-order valence-electron chi connectivity index (χ1n) is 9.50. The molecular weight excluding hydrogens is 400 g/mol. The Morgan fingerprint density at radius 1 is 0.933 bits per heavy atom. The number of hydrogen-bond donors (Lipinski definition) is 2. The Morgan fingerprint density at radius 3 is 2.17 bits per heavy atom. The number of methoxy groups -OCH3 is 1. The molecule has 7 heteroatoms. The van der Waals surface area contributed by atoms with Crippen molar-refractivity contribution in [1.29, 1.82) is 0 Å². The summed E-state index contributed by atoms with van der Waals surface area (Å²) in [6.07, 6.45) is 0.860. The smallest absolute Gasteiger partial charge is 0.265 e. The van der Waals surface area contributed by atoms with Gasteiger partial charge in [0, 0.05) is 16.9 Å². The van der Waals surface area contributed by atoms with Gasteiger partial charge in [0.2, 0.25) is 0 Å². The van der Waals surface area contributed by atoms with E-state index >= 15 is 0 Å². The van der Waals surface area contributed by atoms with Gasteiger partial charge < -0.3 is 10.1 Å². The van der Waals surface area contributed by atoms with Crippen LogP contribution >= 0.6 is 0 Å². The van der Waals surface area contributed by atoms with Gasteiger partial charge in [-0.2, -0.15) is 0 Å². The summed E-state index contributed by atoms with van der Waals surface area (Å²) in [6, 6.07) is 18.8. The fourth-order valence-corrected chi connectivity index (χ4v) is 4.14. The summed E-state index contributed by atoms with van der Waals surface area (Å²) in [5.74, 6) is -0.259. The first-order chi connectivity index (χ1) is 14.3. The highest BCUT2D eigenvalue weighted by atomic mass is 32.2. The lowest BCUT2D eigenvalue weighted by atomic mass is 10.2. The Hall–Kier alpha value is -3.32. The first kappa shape index (κ1) is 21.4. The molecule has 3 rings (SSSR count). The van der Waals surface area contributed by atoms with Crippen molar-refractivity contribution in [3.05, 3.63) is 83.4 Å². The molecule has 0 heterocycles. The molecule has 0 saturated carbocycles. The fourth-order valence-electron chi connectivity index (χ4n) is 2.89. The zero-order valence-corrected chi connectivity index (χ0v) is 17.9. The lowest BCUT2D eigenvalue weighted by Gasteiger charge is -2.13. The van der Waals surface area contributed by atoms with Crippen molar-refractivity contribution in [1.82, 2.24) is 0 Å². The van der Waals surface area contributed by atoms with E-state index in [0.717, 1.165) is 17.5 Å². The maximum absolute atomic E-state index is 13.0. The third kappa shape index (κ3) is 4.99. The number of rotatable bonds is 7. The molecule has 0 aliphatic heterocycles. The molecule has 2 N–H and O–H groups in total. The van der Waals surface area contributed by atoms with Crippen molar-refractivity contribution in [3.8, 4) is 5.75 Å². The summed E-state index contributed by atoms with van der Waals surface area (Å²) in [6.45, 7) is 3.98. The van der Waals surface area contributed by atoms with Crippen LogP contribution in [0.25, 0.3) is 0 Å². The van der Waals surface area contributed by atoms with Gasteiger partial charge in [-0.15, -0.1) is 0 Å². The predicted molar refractivity (Wildman–Crippen MR) is 119 cm³/mol. The van der Waals surface area contributed by atoms with Crippen LogP contribution in [0, 0.1) is 6.92 Å². The van der Waals surface area contributed by atoms with Crippen molar-refractivity contribution in [3.63, 3.8) is 0 Å².